The fraction of sp³-hybridized carbons (Fsp3) is 0.103. The molecule has 4 aromatic rings. The Hall–Kier alpha value is -4.76. The number of nitrogens with one attached hydrogen (secondary N) is 1. The van der Waals surface area contributed by atoms with Crippen molar-refractivity contribution in [3.63, 3.8) is 0 Å². The fourth-order valence-electron chi connectivity index (χ4n) is 3.90. The molecule has 0 aliphatic carbocycles. The van der Waals surface area contributed by atoms with Crippen molar-refractivity contribution in [1.82, 2.24) is 4.98 Å². The summed E-state index contributed by atoms with van der Waals surface area (Å²) in [6.07, 6.45) is 2.34. The highest BCUT2D eigenvalue weighted by atomic mass is 19.1. The first-order chi connectivity index (χ1) is 18.3. The van der Waals surface area contributed by atoms with Crippen molar-refractivity contribution in [2.45, 2.75) is 13.0 Å². The number of carbonyl (C=O) groups is 3. The zero-order valence-electron chi connectivity index (χ0n) is 20.3. The lowest BCUT2D eigenvalue weighted by molar-refractivity contribution is 0.0600. The van der Waals surface area contributed by atoms with Crippen molar-refractivity contribution in [3.8, 4) is 11.1 Å². The third-order valence-electron chi connectivity index (χ3n) is 5.93. The number of nitrogens with two attached hydrogens (primary N) is 1. The number of hydrogen-bond donors (Lipinski definition) is 2. The van der Waals surface area contributed by atoms with Crippen LogP contribution in [-0.2, 0) is 17.7 Å². The second-order valence-corrected chi connectivity index (χ2v) is 8.36. The first kappa shape index (κ1) is 26.3. The summed E-state index contributed by atoms with van der Waals surface area (Å²) in [5, 5.41) is 2.49. The molecule has 0 fully saturated rings. The smallest absolute Gasteiger partial charge is 0.337 e. The van der Waals surface area contributed by atoms with Gasteiger partial charge in [-0.05, 0) is 64.7 Å². The van der Waals surface area contributed by atoms with Crippen molar-refractivity contribution in [2.75, 3.05) is 12.4 Å². The second kappa shape index (κ2) is 11.5. The number of Topliss-reactive ketones (excluding diaryl/α,β-unsaturated/α-hetero) is 1. The molecule has 3 aromatic carbocycles. The largest absolute Gasteiger partial charge is 0.465 e. The predicted molar refractivity (Wildman–Crippen MR) is 138 cm³/mol. The summed E-state index contributed by atoms with van der Waals surface area (Å²) in [5.74, 6) is -2.92. The number of anilines is 1. The second-order valence-electron chi connectivity index (χ2n) is 8.36. The van der Waals surface area contributed by atoms with Gasteiger partial charge in [-0.1, -0.05) is 24.3 Å². The lowest BCUT2D eigenvalue weighted by atomic mass is 9.93. The Kier molecular flexibility index (Phi) is 7.98. The van der Waals surface area contributed by atoms with Crippen molar-refractivity contribution >= 4 is 23.3 Å². The highest BCUT2D eigenvalue weighted by Crippen LogP contribution is 2.27. The molecule has 1 amide bonds. The van der Waals surface area contributed by atoms with Gasteiger partial charge in [0.2, 0.25) is 0 Å². The topological polar surface area (TPSA) is 111 Å². The highest BCUT2D eigenvalue weighted by Gasteiger charge is 2.16. The number of amides is 1. The standard InChI is InChI=1S/C29H23F2N3O4/c1-38-29(37)21-7-8-26(24(30)13-21)34-28(36)20-4-2-3-17(11-20)23-12-19(5-6-22(23)15-32)27(35)14-18-9-10-33-16-25(18)31/h2-13,16H,14-15,32H2,1H3,(H,34,36). The Morgan fingerprint density at radius 2 is 1.68 bits per heavy atom. The fourth-order valence-corrected chi connectivity index (χ4v) is 3.90. The molecular formula is C29H23F2N3O4. The molecule has 1 heterocycles. The lowest BCUT2D eigenvalue weighted by Crippen LogP contribution is -2.14. The number of aromatic nitrogens is 1. The van der Waals surface area contributed by atoms with E-state index in [-0.39, 0.29) is 41.1 Å². The summed E-state index contributed by atoms with van der Waals surface area (Å²) >= 11 is 0. The van der Waals surface area contributed by atoms with Crippen LogP contribution in [0, 0.1) is 11.6 Å². The molecule has 3 N–H and O–H groups in total. The molecule has 0 saturated carbocycles. The van der Waals surface area contributed by atoms with E-state index in [1.54, 1.807) is 42.5 Å². The Bertz CT molecular complexity index is 1540. The van der Waals surface area contributed by atoms with Crippen LogP contribution in [0.2, 0.25) is 0 Å². The first-order valence-corrected chi connectivity index (χ1v) is 11.5. The van der Waals surface area contributed by atoms with E-state index in [9.17, 15) is 23.2 Å². The van der Waals surface area contributed by atoms with Crippen LogP contribution in [0.1, 0.15) is 42.2 Å². The molecule has 0 aliphatic heterocycles. The summed E-state index contributed by atoms with van der Waals surface area (Å²) in [4.78, 5) is 41.1. The van der Waals surface area contributed by atoms with E-state index in [0.717, 1.165) is 17.8 Å². The summed E-state index contributed by atoms with van der Waals surface area (Å²) in [5.41, 5.74) is 8.64. The number of benzene rings is 3. The third-order valence-corrected chi connectivity index (χ3v) is 5.93. The number of carbonyl (C=O) groups excluding carboxylic acids is 3. The van der Waals surface area contributed by atoms with Gasteiger partial charge in [0.05, 0.1) is 24.6 Å². The average molecular weight is 516 g/mol. The van der Waals surface area contributed by atoms with Crippen LogP contribution < -0.4 is 11.1 Å². The maximum Gasteiger partial charge on any atom is 0.337 e. The number of esters is 1. The molecule has 38 heavy (non-hydrogen) atoms. The quantitative estimate of drug-likeness (QED) is 0.254. The number of hydrogen-bond acceptors (Lipinski definition) is 6. The van der Waals surface area contributed by atoms with E-state index in [1.807, 2.05) is 0 Å². The molecule has 0 radical (unpaired) electrons. The highest BCUT2D eigenvalue weighted by molar-refractivity contribution is 6.05. The molecule has 1 aromatic heterocycles. The number of halogens is 2. The number of nitrogens with zero attached hydrogens (tertiary/aromatic N) is 1. The van der Waals surface area contributed by atoms with Gasteiger partial charge in [0.15, 0.2) is 5.78 Å². The molecule has 0 spiro atoms. The summed E-state index contributed by atoms with van der Waals surface area (Å²) < 4.78 is 33.0. The normalized spacial score (nSPS) is 10.6. The van der Waals surface area contributed by atoms with E-state index in [1.165, 1.54) is 31.5 Å². The molecule has 0 saturated heterocycles. The van der Waals surface area contributed by atoms with Gasteiger partial charge < -0.3 is 15.8 Å². The van der Waals surface area contributed by atoms with Crippen molar-refractivity contribution < 1.29 is 27.9 Å². The minimum Gasteiger partial charge on any atom is -0.465 e. The number of rotatable bonds is 8. The molecule has 0 atom stereocenters. The Morgan fingerprint density at radius 3 is 2.39 bits per heavy atom. The van der Waals surface area contributed by atoms with Gasteiger partial charge >= 0.3 is 5.97 Å². The molecule has 7 nitrogen and oxygen atoms in total. The zero-order chi connectivity index (χ0) is 27.2. The molecule has 9 heteroatoms. The Morgan fingerprint density at radius 1 is 0.895 bits per heavy atom. The van der Waals surface area contributed by atoms with Gasteiger partial charge in [-0.2, -0.15) is 0 Å². The van der Waals surface area contributed by atoms with E-state index in [2.05, 4.69) is 15.0 Å². The minimum atomic E-state index is -0.792. The van der Waals surface area contributed by atoms with E-state index in [0.29, 0.717) is 16.7 Å². The minimum absolute atomic E-state index is 0.0143. The van der Waals surface area contributed by atoms with Gasteiger partial charge in [-0.3, -0.25) is 14.6 Å². The SMILES string of the molecule is COC(=O)c1ccc(NC(=O)c2cccc(-c3cc(C(=O)Cc4ccncc4F)ccc3CN)c2)c(F)c1. The van der Waals surface area contributed by atoms with Gasteiger partial charge in [0, 0.05) is 30.3 Å². The van der Waals surface area contributed by atoms with Gasteiger partial charge in [-0.15, -0.1) is 0 Å². The number of ketones is 1. The molecule has 0 aliphatic rings. The molecule has 0 bridgehead atoms. The van der Waals surface area contributed by atoms with Crippen LogP contribution in [0.15, 0.2) is 79.1 Å². The molecular weight excluding hydrogens is 492 g/mol. The van der Waals surface area contributed by atoms with E-state index < -0.39 is 23.5 Å². The van der Waals surface area contributed by atoms with Crippen LogP contribution in [0.4, 0.5) is 14.5 Å². The van der Waals surface area contributed by atoms with Gasteiger partial charge in [0.25, 0.3) is 5.91 Å². The van der Waals surface area contributed by atoms with Gasteiger partial charge in [0.1, 0.15) is 11.6 Å². The van der Waals surface area contributed by atoms with Crippen molar-refractivity contribution in [1.29, 1.82) is 0 Å². The first-order valence-electron chi connectivity index (χ1n) is 11.5. The third kappa shape index (κ3) is 5.79. The Balaban J connectivity index is 1.60. The molecule has 4 rings (SSSR count). The Labute approximate surface area is 217 Å². The summed E-state index contributed by atoms with van der Waals surface area (Å²) in [6.45, 7) is 0.178. The van der Waals surface area contributed by atoms with Crippen LogP contribution >= 0.6 is 0 Å². The van der Waals surface area contributed by atoms with Crippen molar-refractivity contribution in [3.05, 3.63) is 119 Å². The van der Waals surface area contributed by atoms with Crippen molar-refractivity contribution in [2.24, 2.45) is 5.73 Å². The van der Waals surface area contributed by atoms with E-state index >= 15 is 0 Å². The maximum absolute atomic E-state index is 14.5. The monoisotopic (exact) mass is 515 g/mol. The van der Waals surface area contributed by atoms with Crippen LogP contribution in [-0.4, -0.2) is 29.8 Å². The summed E-state index contributed by atoms with van der Waals surface area (Å²) in [6, 6.07) is 16.6. The predicted octanol–water partition coefficient (Wildman–Crippen LogP) is 4.95. The molecule has 192 valence electrons. The van der Waals surface area contributed by atoms with Crippen LogP contribution in [0.5, 0.6) is 0 Å². The van der Waals surface area contributed by atoms with E-state index in [4.69, 9.17) is 5.73 Å². The van der Waals surface area contributed by atoms with Gasteiger partial charge in [-0.25, -0.2) is 13.6 Å². The number of pyridine rings is 1. The summed E-state index contributed by atoms with van der Waals surface area (Å²) in [7, 11) is 1.19. The number of ether oxygens (including phenoxy) is 1. The van der Waals surface area contributed by atoms with Crippen LogP contribution in [0.3, 0.4) is 0 Å². The average Bonchev–Trinajstić information content (AvgIpc) is 2.94. The number of methoxy groups -OCH3 is 1. The maximum atomic E-state index is 14.5. The molecule has 0 unspecified atom stereocenters. The lowest BCUT2D eigenvalue weighted by Gasteiger charge is -2.13. The van der Waals surface area contributed by atoms with Crippen LogP contribution in [0.25, 0.3) is 11.1 Å². The zero-order valence-corrected chi connectivity index (χ0v) is 20.3.